The number of hydrogen-bond acceptors (Lipinski definition) is 4. The van der Waals surface area contributed by atoms with Crippen LogP contribution in [0.3, 0.4) is 0 Å². The Morgan fingerprint density at radius 1 is 1.14 bits per heavy atom. The Morgan fingerprint density at radius 2 is 1.76 bits per heavy atom. The van der Waals surface area contributed by atoms with Crippen molar-refractivity contribution >= 4 is 27.5 Å². The van der Waals surface area contributed by atoms with Gasteiger partial charge < -0.3 is 10.1 Å². The number of amides is 1. The third-order valence-corrected chi connectivity index (χ3v) is 7.60. The predicted molar refractivity (Wildman–Crippen MR) is 113 cm³/mol. The summed E-state index contributed by atoms with van der Waals surface area (Å²) in [5.41, 5.74) is 1.20. The van der Waals surface area contributed by atoms with E-state index in [0.717, 1.165) is 5.56 Å². The first kappa shape index (κ1) is 21.6. The van der Waals surface area contributed by atoms with E-state index in [-0.39, 0.29) is 28.2 Å². The molecule has 1 aliphatic carbocycles. The highest BCUT2D eigenvalue weighted by molar-refractivity contribution is 7.89. The lowest BCUT2D eigenvalue weighted by atomic mass is 10.0. The maximum atomic E-state index is 12.8. The van der Waals surface area contributed by atoms with Crippen LogP contribution in [0.15, 0.2) is 47.4 Å². The molecular weight excluding hydrogens is 412 g/mol. The molecule has 8 heteroatoms. The van der Waals surface area contributed by atoms with Crippen LogP contribution in [0.25, 0.3) is 0 Å². The monoisotopic (exact) mass is 436 g/mol. The van der Waals surface area contributed by atoms with Crippen LogP contribution in [-0.2, 0) is 10.0 Å². The van der Waals surface area contributed by atoms with Crippen molar-refractivity contribution in [2.24, 2.45) is 5.41 Å². The third kappa shape index (κ3) is 3.99. The Kier molecular flexibility index (Phi) is 5.69. The molecule has 0 saturated heterocycles. The molecule has 1 amide bonds. The summed E-state index contributed by atoms with van der Waals surface area (Å²) in [5.74, 6) is 0.282. The first-order valence-electron chi connectivity index (χ1n) is 9.17. The molecule has 0 unspecified atom stereocenters. The molecule has 1 saturated carbocycles. The minimum Gasteiger partial charge on any atom is -0.496 e. The number of halogens is 1. The molecular formula is C21H25ClN2O4S. The number of nitrogens with one attached hydrogen (secondary N) is 1. The van der Waals surface area contributed by atoms with E-state index in [1.165, 1.54) is 25.5 Å². The summed E-state index contributed by atoms with van der Waals surface area (Å²) < 4.78 is 31.0. The molecule has 156 valence electrons. The van der Waals surface area contributed by atoms with Gasteiger partial charge in [-0.3, -0.25) is 4.79 Å². The van der Waals surface area contributed by atoms with Crippen molar-refractivity contribution in [2.75, 3.05) is 21.2 Å². The summed E-state index contributed by atoms with van der Waals surface area (Å²) in [7, 11) is 1.04. The summed E-state index contributed by atoms with van der Waals surface area (Å²) in [6.07, 6.45) is 0. The van der Waals surface area contributed by atoms with Gasteiger partial charge in [-0.2, -0.15) is 0 Å². The molecule has 29 heavy (non-hydrogen) atoms. The van der Waals surface area contributed by atoms with Crippen molar-refractivity contribution in [3.63, 3.8) is 0 Å². The van der Waals surface area contributed by atoms with E-state index in [1.54, 1.807) is 30.3 Å². The first-order chi connectivity index (χ1) is 13.5. The second-order valence-corrected chi connectivity index (χ2v) is 10.5. The van der Waals surface area contributed by atoms with Gasteiger partial charge in [0.15, 0.2) is 0 Å². The third-order valence-electron chi connectivity index (χ3n) is 5.54. The van der Waals surface area contributed by atoms with E-state index in [4.69, 9.17) is 16.3 Å². The lowest BCUT2D eigenvalue weighted by Crippen LogP contribution is -2.29. The van der Waals surface area contributed by atoms with E-state index in [9.17, 15) is 13.2 Å². The highest BCUT2D eigenvalue weighted by Gasteiger charge is 2.59. The predicted octanol–water partition coefficient (Wildman–Crippen LogP) is 3.52. The van der Waals surface area contributed by atoms with E-state index in [2.05, 4.69) is 19.2 Å². The van der Waals surface area contributed by atoms with Gasteiger partial charge in [0.1, 0.15) is 5.75 Å². The van der Waals surface area contributed by atoms with Crippen LogP contribution in [0.2, 0.25) is 5.02 Å². The minimum atomic E-state index is -3.47. The highest BCUT2D eigenvalue weighted by atomic mass is 35.5. The number of hydrogen-bond donors (Lipinski definition) is 1. The number of carbonyl (C=O) groups excluding carboxylic acids is 1. The molecule has 1 fully saturated rings. The van der Waals surface area contributed by atoms with Gasteiger partial charge in [-0.25, -0.2) is 12.7 Å². The van der Waals surface area contributed by atoms with Gasteiger partial charge in [-0.1, -0.05) is 37.6 Å². The molecule has 3 rings (SSSR count). The molecule has 0 bridgehead atoms. The summed E-state index contributed by atoms with van der Waals surface area (Å²) in [6.45, 7) is 4.14. The molecule has 2 aromatic carbocycles. The number of nitrogens with zero attached hydrogens (tertiary/aromatic N) is 1. The van der Waals surface area contributed by atoms with Crippen molar-refractivity contribution in [2.45, 2.75) is 30.7 Å². The maximum Gasteiger partial charge on any atom is 0.255 e. The molecule has 0 aliphatic heterocycles. The molecule has 2 aromatic rings. The fraction of sp³-hybridized carbons (Fsp3) is 0.381. The van der Waals surface area contributed by atoms with E-state index >= 15 is 0 Å². The van der Waals surface area contributed by atoms with Crippen LogP contribution in [-0.4, -0.2) is 45.9 Å². The zero-order valence-electron chi connectivity index (χ0n) is 17.1. The van der Waals surface area contributed by atoms with Crippen molar-refractivity contribution in [3.05, 3.63) is 58.6 Å². The van der Waals surface area contributed by atoms with E-state index < -0.39 is 10.0 Å². The lowest BCUT2D eigenvalue weighted by Gasteiger charge is -2.12. The van der Waals surface area contributed by atoms with E-state index in [1.807, 2.05) is 12.1 Å². The van der Waals surface area contributed by atoms with Crippen molar-refractivity contribution < 1.29 is 17.9 Å². The van der Waals surface area contributed by atoms with Gasteiger partial charge in [0, 0.05) is 31.1 Å². The second-order valence-electron chi connectivity index (χ2n) is 7.95. The Bertz CT molecular complexity index is 1030. The zero-order chi connectivity index (χ0) is 21.6. The highest BCUT2D eigenvalue weighted by Crippen LogP contribution is 2.58. The Labute approximate surface area is 176 Å². The van der Waals surface area contributed by atoms with Crippen LogP contribution in [0, 0.1) is 5.41 Å². The second kappa shape index (κ2) is 7.63. The number of sulfonamides is 1. The van der Waals surface area contributed by atoms with Crippen LogP contribution < -0.4 is 10.1 Å². The van der Waals surface area contributed by atoms with Crippen LogP contribution in [0.4, 0.5) is 0 Å². The Hall–Kier alpha value is -2.09. The van der Waals surface area contributed by atoms with Gasteiger partial charge in [0.2, 0.25) is 10.0 Å². The smallest absolute Gasteiger partial charge is 0.255 e. The largest absolute Gasteiger partial charge is 0.496 e. The van der Waals surface area contributed by atoms with Gasteiger partial charge in [0.25, 0.3) is 5.91 Å². The average molecular weight is 437 g/mol. The fourth-order valence-corrected chi connectivity index (χ4v) is 4.74. The number of ether oxygens (including phenoxy) is 1. The van der Waals surface area contributed by atoms with Gasteiger partial charge in [0.05, 0.1) is 17.6 Å². The zero-order valence-corrected chi connectivity index (χ0v) is 18.6. The molecule has 1 aliphatic rings. The van der Waals surface area contributed by atoms with Crippen LogP contribution in [0.1, 0.15) is 35.7 Å². The van der Waals surface area contributed by atoms with Gasteiger partial charge in [-0.05, 0) is 41.3 Å². The molecule has 0 heterocycles. The quantitative estimate of drug-likeness (QED) is 0.751. The topological polar surface area (TPSA) is 75.7 Å². The first-order valence-corrected chi connectivity index (χ1v) is 11.0. The Morgan fingerprint density at radius 3 is 2.31 bits per heavy atom. The van der Waals surface area contributed by atoms with Crippen LogP contribution >= 0.6 is 11.6 Å². The van der Waals surface area contributed by atoms with Gasteiger partial charge in [-0.15, -0.1) is 0 Å². The molecule has 0 aromatic heterocycles. The SMILES string of the molecule is COc1ccc(Cl)cc1C(=O)N[C@@H]1[C@H](c2ccc(S(=O)(=O)N(C)C)cc2)C1(C)C. The van der Waals surface area contributed by atoms with Gasteiger partial charge >= 0.3 is 0 Å². The molecule has 0 spiro atoms. The minimum absolute atomic E-state index is 0.0766. The molecule has 1 N–H and O–H groups in total. The normalized spacial score (nSPS) is 20.4. The number of benzene rings is 2. The van der Waals surface area contributed by atoms with Crippen molar-refractivity contribution in [3.8, 4) is 5.75 Å². The summed E-state index contributed by atoms with van der Waals surface area (Å²) in [6, 6.07) is 11.7. The van der Waals surface area contributed by atoms with Crippen molar-refractivity contribution in [1.29, 1.82) is 0 Å². The summed E-state index contributed by atoms with van der Waals surface area (Å²) >= 11 is 6.04. The van der Waals surface area contributed by atoms with Crippen LogP contribution in [0.5, 0.6) is 5.75 Å². The van der Waals surface area contributed by atoms with E-state index in [0.29, 0.717) is 16.3 Å². The Balaban J connectivity index is 1.80. The molecule has 2 atom stereocenters. The fourth-order valence-electron chi connectivity index (χ4n) is 3.66. The summed E-state index contributed by atoms with van der Waals surface area (Å²) in [4.78, 5) is 13.1. The maximum absolute atomic E-state index is 12.8. The summed E-state index contributed by atoms with van der Waals surface area (Å²) in [5, 5.41) is 3.53. The average Bonchev–Trinajstić information content (AvgIpc) is 3.21. The van der Waals surface area contributed by atoms with Crippen molar-refractivity contribution in [1.82, 2.24) is 9.62 Å². The number of carbonyl (C=O) groups is 1. The standard InChI is InChI=1S/C21H25ClN2O4S/c1-21(2)18(13-6-9-15(10-7-13)29(26,27)24(3)4)19(21)23-20(25)16-12-14(22)8-11-17(16)28-5/h6-12,18-19H,1-5H3,(H,23,25)/t18-,19+/m0/s1. The molecule has 0 radical (unpaired) electrons. The molecule has 6 nitrogen and oxygen atoms in total. The number of methoxy groups -OCH3 is 1. The number of rotatable bonds is 6. The lowest BCUT2D eigenvalue weighted by molar-refractivity contribution is 0.0943.